The predicted molar refractivity (Wildman–Crippen MR) is 127 cm³/mol. The van der Waals surface area contributed by atoms with Gasteiger partial charge in [-0.1, -0.05) is 24.3 Å². The number of nitro benzene ring substituents is 1. The number of amides is 1. The van der Waals surface area contributed by atoms with E-state index in [9.17, 15) is 23.3 Å². The number of nitrogens with zero attached hydrogens (tertiary/aromatic N) is 2. The van der Waals surface area contributed by atoms with Crippen LogP contribution in [0, 0.1) is 10.1 Å². The number of nitrogens with one attached hydrogen (secondary N) is 1. The number of hydrogen-bond donors (Lipinski definition) is 1. The molecule has 33 heavy (non-hydrogen) atoms. The highest BCUT2D eigenvalue weighted by atomic mass is 32.2. The van der Waals surface area contributed by atoms with Crippen molar-refractivity contribution in [2.45, 2.75) is 17.1 Å². The van der Waals surface area contributed by atoms with E-state index < -0.39 is 27.4 Å². The highest BCUT2D eigenvalue weighted by molar-refractivity contribution is 7.98. The summed E-state index contributed by atoms with van der Waals surface area (Å²) < 4.78 is 32.6. The second kappa shape index (κ2) is 11.5. The molecule has 0 saturated heterocycles. The Balaban J connectivity index is 1.66. The summed E-state index contributed by atoms with van der Waals surface area (Å²) in [4.78, 5) is 23.1. The molecule has 0 radical (unpaired) electrons. The van der Waals surface area contributed by atoms with E-state index in [-0.39, 0.29) is 16.3 Å². The molecule has 0 atom stereocenters. The number of furan rings is 1. The molecule has 0 fully saturated rings. The van der Waals surface area contributed by atoms with Crippen molar-refractivity contribution in [3.05, 3.63) is 88.9 Å². The van der Waals surface area contributed by atoms with Crippen molar-refractivity contribution in [2.24, 2.45) is 0 Å². The van der Waals surface area contributed by atoms with Crippen LogP contribution < -0.4 is 9.62 Å². The molecule has 1 heterocycles. The molecule has 3 rings (SSSR count). The van der Waals surface area contributed by atoms with Gasteiger partial charge >= 0.3 is 0 Å². The minimum absolute atomic E-state index is 0.0152. The van der Waals surface area contributed by atoms with Crippen molar-refractivity contribution in [2.75, 3.05) is 23.1 Å². The average molecular weight is 490 g/mol. The highest BCUT2D eigenvalue weighted by Gasteiger charge is 2.28. The maximum Gasteiger partial charge on any atom is 0.271 e. The number of nitro groups is 1. The number of anilines is 1. The fourth-order valence-electron chi connectivity index (χ4n) is 2.95. The molecule has 3 aromatic rings. The highest BCUT2D eigenvalue weighted by Crippen LogP contribution is 2.26. The fourth-order valence-corrected chi connectivity index (χ4v) is 5.24. The Morgan fingerprint density at radius 2 is 1.88 bits per heavy atom. The topological polar surface area (TPSA) is 123 Å². The van der Waals surface area contributed by atoms with Crippen molar-refractivity contribution >= 4 is 39.1 Å². The number of carbonyl (C=O) groups excluding carboxylic acids is 1. The first kappa shape index (κ1) is 24.3. The van der Waals surface area contributed by atoms with E-state index in [0.717, 1.165) is 27.6 Å². The number of thioether (sulfide) groups is 1. The molecular formula is C22H23N3O6S2. The van der Waals surface area contributed by atoms with Crippen LogP contribution in [0.15, 0.2) is 82.3 Å². The summed E-state index contributed by atoms with van der Waals surface area (Å²) in [6.45, 7) is -0.129. The molecule has 9 nitrogen and oxygen atoms in total. The zero-order valence-corrected chi connectivity index (χ0v) is 19.3. The van der Waals surface area contributed by atoms with Crippen LogP contribution in [-0.2, 0) is 20.6 Å². The first-order valence-corrected chi connectivity index (χ1v) is 12.7. The SMILES string of the molecule is O=C(CN(c1cccc([N+](=O)[O-])c1)S(=O)(=O)c1ccccc1)NCCCSCc1ccco1. The first-order chi connectivity index (χ1) is 15.9. The van der Waals surface area contributed by atoms with Gasteiger partial charge in [-0.15, -0.1) is 0 Å². The third-order valence-corrected chi connectivity index (χ3v) is 7.41. The maximum absolute atomic E-state index is 13.2. The molecule has 0 aliphatic heterocycles. The summed E-state index contributed by atoms with van der Waals surface area (Å²) >= 11 is 1.66. The van der Waals surface area contributed by atoms with E-state index in [4.69, 9.17) is 4.42 Å². The Morgan fingerprint density at radius 3 is 2.58 bits per heavy atom. The Kier molecular flexibility index (Phi) is 8.50. The molecular weight excluding hydrogens is 466 g/mol. The van der Waals surface area contributed by atoms with Gasteiger partial charge in [0.1, 0.15) is 12.3 Å². The monoisotopic (exact) mass is 489 g/mol. The Bertz CT molecular complexity index is 1170. The largest absolute Gasteiger partial charge is 0.468 e. The zero-order chi connectivity index (χ0) is 23.7. The van der Waals surface area contributed by atoms with Gasteiger partial charge in [0, 0.05) is 18.7 Å². The van der Waals surface area contributed by atoms with Crippen molar-refractivity contribution in [1.82, 2.24) is 5.32 Å². The lowest BCUT2D eigenvalue weighted by molar-refractivity contribution is -0.384. The van der Waals surface area contributed by atoms with Crippen LogP contribution in [0.5, 0.6) is 0 Å². The third kappa shape index (κ3) is 6.83. The first-order valence-electron chi connectivity index (χ1n) is 10.1. The van der Waals surface area contributed by atoms with E-state index in [0.29, 0.717) is 13.0 Å². The summed E-state index contributed by atoms with van der Waals surface area (Å²) in [7, 11) is -4.12. The predicted octanol–water partition coefficient (Wildman–Crippen LogP) is 3.82. The lowest BCUT2D eigenvalue weighted by Gasteiger charge is -2.24. The summed E-state index contributed by atoms with van der Waals surface area (Å²) in [5.74, 6) is 1.90. The third-order valence-electron chi connectivity index (χ3n) is 4.56. The molecule has 11 heteroatoms. The molecule has 0 unspecified atom stereocenters. The minimum Gasteiger partial charge on any atom is -0.468 e. The van der Waals surface area contributed by atoms with Crippen LogP contribution in [0.4, 0.5) is 11.4 Å². The van der Waals surface area contributed by atoms with Crippen LogP contribution in [0.2, 0.25) is 0 Å². The smallest absolute Gasteiger partial charge is 0.271 e. The van der Waals surface area contributed by atoms with Gasteiger partial charge in [-0.3, -0.25) is 19.2 Å². The minimum atomic E-state index is -4.12. The number of rotatable bonds is 12. The van der Waals surface area contributed by atoms with E-state index in [2.05, 4.69) is 5.32 Å². The Hall–Kier alpha value is -3.31. The zero-order valence-electron chi connectivity index (χ0n) is 17.6. The average Bonchev–Trinajstić information content (AvgIpc) is 3.34. The molecule has 1 N–H and O–H groups in total. The molecule has 0 bridgehead atoms. The summed E-state index contributed by atoms with van der Waals surface area (Å²) in [6, 6.07) is 16.6. The van der Waals surface area contributed by atoms with Crippen molar-refractivity contribution in [1.29, 1.82) is 0 Å². The van der Waals surface area contributed by atoms with Crippen LogP contribution >= 0.6 is 11.8 Å². The van der Waals surface area contributed by atoms with Crippen molar-refractivity contribution in [3.8, 4) is 0 Å². The van der Waals surface area contributed by atoms with Crippen LogP contribution in [-0.4, -0.2) is 38.1 Å². The lowest BCUT2D eigenvalue weighted by Crippen LogP contribution is -2.41. The fraction of sp³-hybridized carbons (Fsp3) is 0.227. The van der Waals surface area contributed by atoms with Crippen LogP contribution in [0.25, 0.3) is 0 Å². The van der Waals surface area contributed by atoms with Crippen molar-refractivity contribution < 1.29 is 22.6 Å². The van der Waals surface area contributed by atoms with Gasteiger partial charge in [0.25, 0.3) is 15.7 Å². The number of sulfonamides is 1. The summed E-state index contributed by atoms with van der Waals surface area (Å²) in [5.41, 5.74) is -0.230. The molecule has 1 aromatic heterocycles. The summed E-state index contributed by atoms with van der Waals surface area (Å²) in [6.07, 6.45) is 2.31. The number of non-ortho nitro benzene ring substituents is 1. The lowest BCUT2D eigenvalue weighted by atomic mass is 10.3. The molecule has 0 aliphatic carbocycles. The molecule has 174 valence electrons. The summed E-state index contributed by atoms with van der Waals surface area (Å²) in [5, 5.41) is 13.9. The molecule has 0 spiro atoms. The van der Waals surface area contributed by atoms with E-state index in [1.54, 1.807) is 36.2 Å². The number of benzene rings is 2. The van der Waals surface area contributed by atoms with Gasteiger partial charge < -0.3 is 9.73 Å². The van der Waals surface area contributed by atoms with E-state index in [1.807, 2.05) is 12.1 Å². The van der Waals surface area contributed by atoms with Gasteiger partial charge in [-0.2, -0.15) is 11.8 Å². The normalized spacial score (nSPS) is 11.2. The quantitative estimate of drug-likeness (QED) is 0.233. The van der Waals surface area contributed by atoms with Gasteiger partial charge in [0.05, 0.1) is 27.5 Å². The molecule has 0 aliphatic rings. The second-order valence-electron chi connectivity index (χ2n) is 6.94. The van der Waals surface area contributed by atoms with Crippen LogP contribution in [0.3, 0.4) is 0 Å². The molecule has 1 amide bonds. The molecule has 2 aromatic carbocycles. The number of hydrogen-bond acceptors (Lipinski definition) is 7. The van der Waals surface area contributed by atoms with Gasteiger partial charge in [0.15, 0.2) is 0 Å². The van der Waals surface area contributed by atoms with Gasteiger partial charge in [-0.25, -0.2) is 8.42 Å². The number of carbonyl (C=O) groups is 1. The second-order valence-corrected chi connectivity index (χ2v) is 9.90. The van der Waals surface area contributed by atoms with Crippen molar-refractivity contribution in [3.63, 3.8) is 0 Å². The standard InChI is InChI=1S/C22H23N3O6S2/c26-22(23-12-6-14-32-17-20-9-5-13-31-20)16-24(18-7-4-8-19(15-18)25(27)28)33(29,30)21-10-2-1-3-11-21/h1-5,7-11,13,15H,6,12,14,16-17H2,(H,23,26). The van der Waals surface area contributed by atoms with E-state index >= 15 is 0 Å². The van der Waals surface area contributed by atoms with Crippen LogP contribution in [0.1, 0.15) is 12.2 Å². The Labute approximate surface area is 196 Å². The molecule has 0 saturated carbocycles. The Morgan fingerprint density at radius 1 is 1.09 bits per heavy atom. The van der Waals surface area contributed by atoms with Gasteiger partial charge in [-0.05, 0) is 42.5 Å². The van der Waals surface area contributed by atoms with Gasteiger partial charge in [0.2, 0.25) is 5.91 Å². The van der Waals surface area contributed by atoms with E-state index in [1.165, 1.54) is 30.3 Å². The maximum atomic E-state index is 13.2.